The highest BCUT2D eigenvalue weighted by Crippen LogP contribution is 2.18. The Kier molecular flexibility index (Phi) is 2.61. The first-order chi connectivity index (χ1) is 6.00. The topological polar surface area (TPSA) is 17.1 Å². The maximum atomic E-state index is 12.5. The first-order valence-corrected chi connectivity index (χ1v) is 3.66. The van der Waals surface area contributed by atoms with Crippen LogP contribution in [0.3, 0.4) is 0 Å². The molecule has 0 aliphatic carbocycles. The van der Waals surface area contributed by atoms with E-state index >= 15 is 0 Å². The van der Waals surface area contributed by atoms with Gasteiger partial charge in [-0.3, -0.25) is 4.57 Å². The molecule has 0 unspecified atom stereocenters. The Balaban J connectivity index is 3.66. The summed E-state index contributed by atoms with van der Waals surface area (Å²) in [6.45, 7) is 0. The summed E-state index contributed by atoms with van der Waals surface area (Å²) in [6, 6.07) is 0. The number of benzene rings is 1. The van der Waals surface area contributed by atoms with Gasteiger partial charge in [-0.1, -0.05) is 0 Å². The molecule has 0 aromatic heterocycles. The summed E-state index contributed by atoms with van der Waals surface area (Å²) >= 11 is 0. The van der Waals surface area contributed by atoms with E-state index in [9.17, 15) is 26.5 Å². The molecule has 0 N–H and O–H groups in total. The highest BCUT2D eigenvalue weighted by Gasteiger charge is 2.25. The zero-order valence-corrected chi connectivity index (χ0v) is 6.64. The predicted octanol–water partition coefficient (Wildman–Crippen LogP) is 2.30. The maximum Gasteiger partial charge on any atom is 0.200 e. The van der Waals surface area contributed by atoms with Gasteiger partial charge in [-0.15, -0.1) is 0 Å². The zero-order valence-electron chi connectivity index (χ0n) is 5.75. The molecule has 0 amide bonds. The van der Waals surface area contributed by atoms with Gasteiger partial charge >= 0.3 is 0 Å². The van der Waals surface area contributed by atoms with Crippen LogP contribution >= 0.6 is 8.46 Å². The van der Waals surface area contributed by atoms with Gasteiger partial charge in [0.2, 0.25) is 5.82 Å². The van der Waals surface area contributed by atoms with Crippen LogP contribution in [0.5, 0.6) is 0 Å². The van der Waals surface area contributed by atoms with Crippen LogP contribution in [0.1, 0.15) is 0 Å². The van der Waals surface area contributed by atoms with E-state index in [1.54, 1.807) is 0 Å². The minimum Gasteiger partial charge on any atom is -0.269 e. The van der Waals surface area contributed by atoms with Crippen molar-refractivity contribution >= 4 is 13.8 Å². The average Bonchev–Trinajstić information content (AvgIpc) is 2.13. The van der Waals surface area contributed by atoms with E-state index in [0.29, 0.717) is 0 Å². The van der Waals surface area contributed by atoms with Crippen molar-refractivity contribution in [1.29, 1.82) is 0 Å². The normalized spacial score (nSPS) is 10.8. The van der Waals surface area contributed by atoms with Crippen molar-refractivity contribution in [2.45, 2.75) is 0 Å². The summed E-state index contributed by atoms with van der Waals surface area (Å²) in [6.07, 6.45) is 0. The first kappa shape index (κ1) is 10.1. The fourth-order valence-electron chi connectivity index (χ4n) is 0.673. The molecule has 1 rings (SSSR count). The minimum atomic E-state index is -2.26. The van der Waals surface area contributed by atoms with Crippen LogP contribution in [0, 0.1) is 29.1 Å². The fraction of sp³-hybridized carbons (Fsp3) is 0. The van der Waals surface area contributed by atoms with E-state index in [2.05, 4.69) is 0 Å². The molecule has 0 saturated heterocycles. The first-order valence-electron chi connectivity index (χ1n) is 2.85. The van der Waals surface area contributed by atoms with Crippen LogP contribution < -0.4 is 5.30 Å². The van der Waals surface area contributed by atoms with Gasteiger partial charge in [-0.2, -0.15) is 0 Å². The molecular formula is C6F5OP. The standard InChI is InChI=1S/C6F5OP/c7-1-2(8)4(10)6(13-12)5(11)3(1)9. The Labute approximate surface area is 70.4 Å². The van der Waals surface area contributed by atoms with Gasteiger partial charge in [0.1, 0.15) is 5.30 Å². The summed E-state index contributed by atoms with van der Waals surface area (Å²) in [4.78, 5) is 0. The molecule has 0 bridgehead atoms. The minimum absolute atomic E-state index is 1.26. The van der Waals surface area contributed by atoms with Gasteiger partial charge in [0.15, 0.2) is 31.7 Å². The van der Waals surface area contributed by atoms with E-state index in [-0.39, 0.29) is 0 Å². The number of hydrogen-bond acceptors (Lipinski definition) is 1. The quantitative estimate of drug-likeness (QED) is 0.303. The lowest BCUT2D eigenvalue weighted by Gasteiger charge is -2.00. The van der Waals surface area contributed by atoms with E-state index < -0.39 is 42.9 Å². The van der Waals surface area contributed by atoms with Gasteiger partial charge in [0, 0.05) is 0 Å². The number of rotatable bonds is 1. The maximum absolute atomic E-state index is 12.5. The van der Waals surface area contributed by atoms with Crippen LogP contribution in [-0.2, 0) is 4.57 Å². The Hall–Kier alpha value is -1.03. The monoisotopic (exact) mass is 214 g/mol. The van der Waals surface area contributed by atoms with Crippen molar-refractivity contribution in [3.05, 3.63) is 29.1 Å². The Morgan fingerprint density at radius 2 is 1.00 bits per heavy atom. The molecule has 0 fully saturated rings. The van der Waals surface area contributed by atoms with Gasteiger partial charge < -0.3 is 0 Å². The molecule has 1 aromatic rings. The molecular weight excluding hydrogens is 214 g/mol. The predicted molar refractivity (Wildman–Crippen MR) is 33.5 cm³/mol. The molecule has 1 aromatic carbocycles. The van der Waals surface area contributed by atoms with Crippen molar-refractivity contribution in [2.24, 2.45) is 0 Å². The molecule has 1 nitrogen and oxygen atoms in total. The molecule has 0 spiro atoms. The SMILES string of the molecule is O=Pc1c(F)c(F)c(F)c(F)c1F. The molecule has 7 heteroatoms. The van der Waals surface area contributed by atoms with E-state index in [1.165, 1.54) is 0 Å². The zero-order chi connectivity index (χ0) is 10.2. The van der Waals surface area contributed by atoms with Crippen molar-refractivity contribution in [2.75, 3.05) is 0 Å². The summed E-state index contributed by atoms with van der Waals surface area (Å²) in [5.74, 6) is -10.6. The highest BCUT2D eigenvalue weighted by atomic mass is 31.1. The molecule has 0 heterocycles. The lowest BCUT2D eigenvalue weighted by Crippen LogP contribution is -2.14. The molecule has 0 atom stereocenters. The number of hydrogen-bond donors (Lipinski definition) is 0. The van der Waals surface area contributed by atoms with Crippen molar-refractivity contribution in [3.8, 4) is 0 Å². The van der Waals surface area contributed by atoms with Gasteiger partial charge in [0.25, 0.3) is 0 Å². The van der Waals surface area contributed by atoms with Crippen molar-refractivity contribution in [1.82, 2.24) is 0 Å². The lowest BCUT2D eigenvalue weighted by molar-refractivity contribution is 0.384. The average molecular weight is 214 g/mol. The van der Waals surface area contributed by atoms with Crippen LogP contribution in [0.2, 0.25) is 0 Å². The third-order valence-electron chi connectivity index (χ3n) is 1.28. The van der Waals surface area contributed by atoms with E-state index in [4.69, 9.17) is 0 Å². The third-order valence-corrected chi connectivity index (χ3v) is 1.85. The van der Waals surface area contributed by atoms with Gasteiger partial charge in [-0.25, -0.2) is 22.0 Å². The molecule has 70 valence electrons. The van der Waals surface area contributed by atoms with Gasteiger partial charge in [0.05, 0.1) is 0 Å². The second-order valence-electron chi connectivity index (χ2n) is 2.01. The summed E-state index contributed by atoms with van der Waals surface area (Å²) < 4.78 is 71.8. The number of halogens is 5. The van der Waals surface area contributed by atoms with Gasteiger partial charge in [-0.05, 0) is 0 Å². The Morgan fingerprint density at radius 1 is 0.692 bits per heavy atom. The van der Waals surface area contributed by atoms with Crippen LogP contribution in [0.4, 0.5) is 22.0 Å². The lowest BCUT2D eigenvalue weighted by atomic mass is 10.3. The third kappa shape index (κ3) is 1.42. The van der Waals surface area contributed by atoms with Crippen LogP contribution in [0.25, 0.3) is 0 Å². The molecule has 13 heavy (non-hydrogen) atoms. The molecule has 0 aliphatic heterocycles. The largest absolute Gasteiger partial charge is 0.269 e. The van der Waals surface area contributed by atoms with E-state index in [0.717, 1.165) is 0 Å². The fourth-order valence-corrected chi connectivity index (χ4v) is 1.03. The van der Waals surface area contributed by atoms with Crippen LogP contribution in [-0.4, -0.2) is 0 Å². The molecule has 0 saturated carbocycles. The smallest absolute Gasteiger partial charge is 0.200 e. The highest BCUT2D eigenvalue weighted by molar-refractivity contribution is 7.34. The van der Waals surface area contributed by atoms with E-state index in [1.807, 2.05) is 0 Å². The molecule has 0 radical (unpaired) electrons. The molecule has 0 aliphatic rings. The summed E-state index contributed by atoms with van der Waals surface area (Å²) in [7, 11) is -1.26. The Bertz CT molecular complexity index is 349. The van der Waals surface area contributed by atoms with Crippen molar-refractivity contribution < 1.29 is 26.5 Å². The van der Waals surface area contributed by atoms with Crippen molar-refractivity contribution in [3.63, 3.8) is 0 Å². The summed E-state index contributed by atoms with van der Waals surface area (Å²) in [5, 5.41) is -1.36. The van der Waals surface area contributed by atoms with Crippen LogP contribution in [0.15, 0.2) is 0 Å². The second kappa shape index (κ2) is 3.38. The second-order valence-corrected chi connectivity index (χ2v) is 2.64. The Morgan fingerprint density at radius 3 is 1.31 bits per heavy atom. The summed E-state index contributed by atoms with van der Waals surface area (Å²) in [5.41, 5.74) is 0.